The number of halogens is 1. The van der Waals surface area contributed by atoms with Gasteiger partial charge in [0.25, 0.3) is 5.69 Å². The Labute approximate surface area is 118 Å². The average Bonchev–Trinajstić information content (AvgIpc) is 3.13. The van der Waals surface area contributed by atoms with Crippen molar-refractivity contribution < 1.29 is 4.92 Å². The fourth-order valence-electron chi connectivity index (χ4n) is 3.79. The van der Waals surface area contributed by atoms with Crippen molar-refractivity contribution in [3.05, 3.63) is 39.9 Å². The molecule has 2 fully saturated rings. The minimum Gasteiger partial charge on any atom is -0.258 e. The van der Waals surface area contributed by atoms with Gasteiger partial charge in [-0.2, -0.15) is 0 Å². The molecule has 2 aliphatic carbocycles. The minimum absolute atomic E-state index is 0.0502. The number of nitrogens with zero attached hydrogens (tertiary/aromatic N) is 1. The van der Waals surface area contributed by atoms with Crippen molar-refractivity contribution in [1.82, 2.24) is 0 Å². The lowest BCUT2D eigenvalue weighted by Gasteiger charge is -2.09. The average molecular weight is 280 g/mol. The van der Waals surface area contributed by atoms with Gasteiger partial charge < -0.3 is 0 Å². The first-order valence-corrected chi connectivity index (χ1v) is 7.48. The summed E-state index contributed by atoms with van der Waals surface area (Å²) in [6.07, 6.45) is 5.88. The van der Waals surface area contributed by atoms with E-state index in [0.717, 1.165) is 17.4 Å². The van der Waals surface area contributed by atoms with Gasteiger partial charge in [-0.05, 0) is 37.0 Å². The Bertz CT molecular complexity index is 479. The van der Waals surface area contributed by atoms with Crippen LogP contribution in [-0.4, -0.2) is 10.3 Å². The summed E-state index contributed by atoms with van der Waals surface area (Å²) in [4.78, 5) is 10.7. The molecule has 0 spiro atoms. The van der Waals surface area contributed by atoms with Gasteiger partial charge in [-0.3, -0.25) is 10.1 Å². The van der Waals surface area contributed by atoms with E-state index in [0.29, 0.717) is 12.3 Å². The monoisotopic (exact) mass is 279 g/mol. The highest BCUT2D eigenvalue weighted by atomic mass is 35.5. The molecule has 0 saturated heterocycles. The molecular weight excluding hydrogens is 262 g/mol. The van der Waals surface area contributed by atoms with E-state index in [-0.39, 0.29) is 16.0 Å². The van der Waals surface area contributed by atoms with Crippen LogP contribution in [0.1, 0.15) is 31.2 Å². The van der Waals surface area contributed by atoms with E-state index >= 15 is 0 Å². The Balaban J connectivity index is 1.70. The van der Waals surface area contributed by atoms with Crippen molar-refractivity contribution in [3.8, 4) is 0 Å². The van der Waals surface area contributed by atoms with E-state index in [2.05, 4.69) is 0 Å². The lowest BCUT2D eigenvalue weighted by molar-refractivity contribution is -0.385. The number of alkyl halides is 1. The number of nitro groups is 1. The summed E-state index contributed by atoms with van der Waals surface area (Å²) in [5.41, 5.74) is 0.980. The summed E-state index contributed by atoms with van der Waals surface area (Å²) in [5.74, 6) is 2.17. The van der Waals surface area contributed by atoms with Gasteiger partial charge in [0, 0.05) is 17.0 Å². The van der Waals surface area contributed by atoms with Gasteiger partial charge >= 0.3 is 0 Å². The number of fused-ring (bicyclic) bond motifs is 1. The first kappa shape index (κ1) is 12.9. The standard InChI is InChI=1S/C15H18ClNO2/c16-13(15-11-6-2-3-7-12(11)15)9-10-5-1-4-8-14(10)17(18)19/h1,4-5,8,11-13,15H,2-3,6-7,9H2. The van der Waals surface area contributed by atoms with E-state index in [1.807, 2.05) is 12.1 Å². The van der Waals surface area contributed by atoms with Gasteiger partial charge in [-0.1, -0.05) is 31.0 Å². The zero-order valence-electron chi connectivity index (χ0n) is 10.8. The number of nitro benzene ring substituents is 1. The maximum Gasteiger partial charge on any atom is 0.272 e. The molecule has 0 N–H and O–H groups in total. The first-order valence-electron chi connectivity index (χ1n) is 7.05. The van der Waals surface area contributed by atoms with Crippen molar-refractivity contribution in [2.24, 2.45) is 17.8 Å². The summed E-state index contributed by atoms with van der Waals surface area (Å²) in [6.45, 7) is 0. The van der Waals surface area contributed by atoms with Crippen molar-refractivity contribution in [1.29, 1.82) is 0 Å². The van der Waals surface area contributed by atoms with Crippen LogP contribution < -0.4 is 0 Å². The quantitative estimate of drug-likeness (QED) is 0.471. The number of hydrogen-bond donors (Lipinski definition) is 0. The first-order chi connectivity index (χ1) is 9.18. The summed E-state index contributed by atoms with van der Waals surface area (Å²) in [5, 5.41) is 11.1. The van der Waals surface area contributed by atoms with E-state index in [4.69, 9.17) is 11.6 Å². The smallest absolute Gasteiger partial charge is 0.258 e. The van der Waals surface area contributed by atoms with Crippen LogP contribution in [0.2, 0.25) is 0 Å². The third-order valence-electron chi connectivity index (χ3n) is 4.74. The molecule has 2 aliphatic rings. The highest BCUT2D eigenvalue weighted by Gasteiger charge is 2.53. The SMILES string of the molecule is O=[N+]([O-])c1ccccc1CC(Cl)C1C2CCCCC21. The third-order valence-corrected chi connectivity index (χ3v) is 5.19. The molecule has 3 atom stereocenters. The molecule has 0 amide bonds. The second kappa shape index (κ2) is 5.12. The van der Waals surface area contributed by atoms with Crippen LogP contribution in [0.3, 0.4) is 0 Å². The molecule has 0 aromatic heterocycles. The molecule has 3 rings (SSSR count). The molecule has 0 heterocycles. The van der Waals surface area contributed by atoms with Crippen LogP contribution in [0.4, 0.5) is 5.69 Å². The lowest BCUT2D eigenvalue weighted by atomic mass is 10.0. The molecule has 0 bridgehead atoms. The van der Waals surface area contributed by atoms with Crippen LogP contribution in [0, 0.1) is 27.9 Å². The molecule has 1 aromatic rings. The summed E-state index contributed by atoms with van der Waals surface area (Å²) in [7, 11) is 0. The molecule has 0 radical (unpaired) electrons. The topological polar surface area (TPSA) is 43.1 Å². The Morgan fingerprint density at radius 1 is 1.26 bits per heavy atom. The molecular formula is C15H18ClNO2. The van der Waals surface area contributed by atoms with Crippen LogP contribution in [-0.2, 0) is 6.42 Å². The highest BCUT2D eigenvalue weighted by Crippen LogP contribution is 2.58. The molecule has 2 saturated carbocycles. The molecule has 3 unspecified atom stereocenters. The second-order valence-corrected chi connectivity index (χ2v) is 6.36. The molecule has 3 nitrogen and oxygen atoms in total. The van der Waals surface area contributed by atoms with Crippen LogP contribution in [0.15, 0.2) is 24.3 Å². The van der Waals surface area contributed by atoms with Crippen molar-refractivity contribution in [3.63, 3.8) is 0 Å². The number of hydrogen-bond acceptors (Lipinski definition) is 2. The van der Waals surface area contributed by atoms with Crippen LogP contribution >= 0.6 is 11.6 Å². The maximum absolute atomic E-state index is 11.0. The van der Waals surface area contributed by atoms with E-state index in [1.165, 1.54) is 25.7 Å². The Hall–Kier alpha value is -1.09. The summed E-state index contributed by atoms with van der Waals surface area (Å²) >= 11 is 6.54. The van der Waals surface area contributed by atoms with Gasteiger partial charge in [0.05, 0.1) is 4.92 Å². The predicted molar refractivity (Wildman–Crippen MR) is 75.4 cm³/mol. The van der Waals surface area contributed by atoms with Gasteiger partial charge in [0.1, 0.15) is 0 Å². The molecule has 0 aliphatic heterocycles. The van der Waals surface area contributed by atoms with Gasteiger partial charge in [-0.25, -0.2) is 0 Å². The van der Waals surface area contributed by atoms with Crippen molar-refractivity contribution in [2.45, 2.75) is 37.5 Å². The van der Waals surface area contributed by atoms with Crippen molar-refractivity contribution in [2.75, 3.05) is 0 Å². The summed E-state index contributed by atoms with van der Waals surface area (Å²) in [6, 6.07) is 6.96. The lowest BCUT2D eigenvalue weighted by Crippen LogP contribution is -2.10. The fourth-order valence-corrected chi connectivity index (χ4v) is 4.33. The zero-order valence-corrected chi connectivity index (χ0v) is 11.6. The van der Waals surface area contributed by atoms with E-state index < -0.39 is 0 Å². The summed E-state index contributed by atoms with van der Waals surface area (Å²) < 4.78 is 0. The minimum atomic E-state index is -0.307. The van der Waals surface area contributed by atoms with Gasteiger partial charge in [0.15, 0.2) is 0 Å². The van der Waals surface area contributed by atoms with Crippen molar-refractivity contribution >= 4 is 17.3 Å². The Kier molecular flexibility index (Phi) is 3.48. The Morgan fingerprint density at radius 3 is 2.53 bits per heavy atom. The number of rotatable bonds is 4. The highest BCUT2D eigenvalue weighted by molar-refractivity contribution is 6.21. The molecule has 1 aromatic carbocycles. The molecule has 19 heavy (non-hydrogen) atoms. The van der Waals surface area contributed by atoms with Gasteiger partial charge in [0.2, 0.25) is 0 Å². The third kappa shape index (κ3) is 2.48. The van der Waals surface area contributed by atoms with E-state index in [1.54, 1.807) is 12.1 Å². The number of benzene rings is 1. The maximum atomic E-state index is 11.0. The van der Waals surface area contributed by atoms with E-state index in [9.17, 15) is 10.1 Å². The normalized spacial score (nSPS) is 30.5. The molecule has 4 heteroatoms. The number of para-hydroxylation sites is 1. The zero-order chi connectivity index (χ0) is 13.4. The van der Waals surface area contributed by atoms with Gasteiger partial charge in [-0.15, -0.1) is 11.6 Å². The fraction of sp³-hybridized carbons (Fsp3) is 0.600. The Morgan fingerprint density at radius 2 is 1.89 bits per heavy atom. The molecule has 102 valence electrons. The predicted octanol–water partition coefficient (Wildman–Crippen LogP) is 4.18. The second-order valence-electron chi connectivity index (χ2n) is 5.80. The van der Waals surface area contributed by atoms with Crippen LogP contribution in [0.5, 0.6) is 0 Å². The largest absolute Gasteiger partial charge is 0.272 e. The van der Waals surface area contributed by atoms with Crippen LogP contribution in [0.25, 0.3) is 0 Å².